The van der Waals surface area contributed by atoms with Crippen molar-refractivity contribution >= 4 is 29.2 Å². The zero-order valence-electron chi connectivity index (χ0n) is 9.79. The second-order valence-electron chi connectivity index (χ2n) is 4.63. The lowest BCUT2D eigenvalue weighted by atomic mass is 9.77. The number of hydrogen-bond acceptors (Lipinski definition) is 2. The highest BCUT2D eigenvalue weighted by Crippen LogP contribution is 2.36. The number of ether oxygens (including phenoxy) is 1. The zero-order chi connectivity index (χ0) is 13.2. The van der Waals surface area contributed by atoms with Crippen LogP contribution in [0.5, 0.6) is 0 Å². The smallest absolute Gasteiger partial charge is 0.312 e. The van der Waals surface area contributed by atoms with Gasteiger partial charge in [-0.25, -0.2) is 0 Å². The molecule has 1 atom stereocenters. The Morgan fingerprint density at radius 3 is 2.83 bits per heavy atom. The molecule has 0 spiro atoms. The molecule has 1 aromatic carbocycles. The average molecular weight is 289 g/mol. The molecular weight excluding hydrogens is 275 g/mol. The summed E-state index contributed by atoms with van der Waals surface area (Å²) in [6.45, 7) is 0.851. The van der Waals surface area contributed by atoms with Crippen LogP contribution >= 0.6 is 23.2 Å². The molecule has 0 aliphatic carbocycles. The van der Waals surface area contributed by atoms with E-state index < -0.39 is 11.4 Å². The number of carboxylic acids is 1. The van der Waals surface area contributed by atoms with E-state index in [4.69, 9.17) is 27.9 Å². The van der Waals surface area contributed by atoms with Gasteiger partial charge in [0.2, 0.25) is 0 Å². The molecule has 0 bridgehead atoms. The summed E-state index contributed by atoms with van der Waals surface area (Å²) in [4.78, 5) is 11.5. The van der Waals surface area contributed by atoms with E-state index in [-0.39, 0.29) is 6.61 Å². The highest BCUT2D eigenvalue weighted by molar-refractivity contribution is 6.42. The van der Waals surface area contributed by atoms with E-state index in [0.717, 1.165) is 12.0 Å². The molecule has 0 saturated carbocycles. The summed E-state index contributed by atoms with van der Waals surface area (Å²) in [5, 5.41) is 10.3. The van der Waals surface area contributed by atoms with Crippen LogP contribution in [0.1, 0.15) is 18.4 Å². The van der Waals surface area contributed by atoms with E-state index in [0.29, 0.717) is 29.5 Å². The van der Waals surface area contributed by atoms with Gasteiger partial charge >= 0.3 is 5.97 Å². The second-order valence-corrected chi connectivity index (χ2v) is 5.42. The Hall–Kier alpha value is -0.770. The number of carboxylic acid groups (broad SMARTS) is 1. The molecule has 2 rings (SSSR count). The van der Waals surface area contributed by atoms with Crippen molar-refractivity contribution < 1.29 is 14.6 Å². The number of hydrogen-bond donors (Lipinski definition) is 1. The Labute approximate surface area is 116 Å². The van der Waals surface area contributed by atoms with Crippen LogP contribution in [0.3, 0.4) is 0 Å². The minimum absolute atomic E-state index is 0.227. The van der Waals surface area contributed by atoms with Gasteiger partial charge in [-0.2, -0.15) is 0 Å². The maximum Gasteiger partial charge on any atom is 0.312 e. The molecule has 1 aliphatic heterocycles. The summed E-state index contributed by atoms with van der Waals surface area (Å²) in [5.74, 6) is -0.835. The van der Waals surface area contributed by atoms with Gasteiger partial charge in [-0.15, -0.1) is 0 Å². The fourth-order valence-electron chi connectivity index (χ4n) is 2.29. The third-order valence-corrected chi connectivity index (χ3v) is 4.19. The largest absolute Gasteiger partial charge is 0.481 e. The third kappa shape index (κ3) is 2.63. The average Bonchev–Trinajstić information content (AvgIpc) is 2.36. The van der Waals surface area contributed by atoms with Gasteiger partial charge < -0.3 is 9.84 Å². The molecular formula is C13H14Cl2O3. The molecule has 18 heavy (non-hydrogen) atoms. The van der Waals surface area contributed by atoms with Crippen LogP contribution in [0.25, 0.3) is 0 Å². The molecule has 1 aliphatic rings. The molecule has 5 heteroatoms. The van der Waals surface area contributed by atoms with E-state index in [9.17, 15) is 9.90 Å². The molecule has 1 fully saturated rings. The zero-order valence-corrected chi connectivity index (χ0v) is 11.3. The van der Waals surface area contributed by atoms with Crippen molar-refractivity contribution in [3.63, 3.8) is 0 Å². The van der Waals surface area contributed by atoms with E-state index >= 15 is 0 Å². The molecule has 0 amide bonds. The standard InChI is InChI=1S/C13H14Cl2O3/c14-10-4-1-3-9(11(10)15)7-13(12(16)17)5-2-6-18-8-13/h1,3-4H,2,5-8H2,(H,16,17). The van der Waals surface area contributed by atoms with Gasteiger partial charge in [-0.05, 0) is 30.9 Å². The van der Waals surface area contributed by atoms with Crippen LogP contribution < -0.4 is 0 Å². The number of benzene rings is 1. The molecule has 1 unspecified atom stereocenters. The van der Waals surface area contributed by atoms with Crippen molar-refractivity contribution in [2.24, 2.45) is 5.41 Å². The first-order valence-electron chi connectivity index (χ1n) is 5.79. The third-order valence-electron chi connectivity index (χ3n) is 3.34. The Bertz CT molecular complexity index is 454. The Morgan fingerprint density at radius 1 is 1.44 bits per heavy atom. The molecule has 1 aromatic rings. The number of rotatable bonds is 3. The summed E-state index contributed by atoms with van der Waals surface area (Å²) in [6.07, 6.45) is 1.71. The van der Waals surface area contributed by atoms with E-state index in [1.807, 2.05) is 6.07 Å². The van der Waals surface area contributed by atoms with Gasteiger partial charge in [0.25, 0.3) is 0 Å². The van der Waals surface area contributed by atoms with Crippen LogP contribution in [-0.4, -0.2) is 24.3 Å². The quantitative estimate of drug-likeness (QED) is 0.927. The van der Waals surface area contributed by atoms with Crippen molar-refractivity contribution in [1.29, 1.82) is 0 Å². The van der Waals surface area contributed by atoms with Crippen molar-refractivity contribution in [2.75, 3.05) is 13.2 Å². The predicted molar refractivity (Wildman–Crippen MR) is 70.3 cm³/mol. The summed E-state index contributed by atoms with van der Waals surface area (Å²) >= 11 is 12.1. The SMILES string of the molecule is O=C(O)C1(Cc2cccc(Cl)c2Cl)CCCOC1. The number of carbonyl (C=O) groups is 1. The Morgan fingerprint density at radius 2 is 2.22 bits per heavy atom. The number of halogens is 2. The van der Waals surface area contributed by atoms with Gasteiger partial charge in [-0.1, -0.05) is 35.3 Å². The molecule has 1 heterocycles. The van der Waals surface area contributed by atoms with Crippen molar-refractivity contribution in [3.05, 3.63) is 33.8 Å². The first-order chi connectivity index (χ1) is 8.55. The molecule has 1 saturated heterocycles. The molecule has 98 valence electrons. The lowest BCUT2D eigenvalue weighted by Crippen LogP contribution is -2.41. The maximum atomic E-state index is 11.5. The first kappa shape index (κ1) is 13.7. The first-order valence-corrected chi connectivity index (χ1v) is 6.55. The van der Waals surface area contributed by atoms with Crippen LogP contribution in [0, 0.1) is 5.41 Å². The van der Waals surface area contributed by atoms with Gasteiger partial charge in [-0.3, -0.25) is 4.79 Å². The minimum atomic E-state index is -0.882. The topological polar surface area (TPSA) is 46.5 Å². The van der Waals surface area contributed by atoms with E-state index in [1.165, 1.54) is 0 Å². The maximum absolute atomic E-state index is 11.5. The molecule has 3 nitrogen and oxygen atoms in total. The Balaban J connectivity index is 2.29. The fraction of sp³-hybridized carbons (Fsp3) is 0.462. The summed E-state index contributed by atoms with van der Waals surface area (Å²) in [6, 6.07) is 5.29. The van der Waals surface area contributed by atoms with Gasteiger partial charge in [0, 0.05) is 6.61 Å². The Kier molecular flexibility index (Phi) is 4.15. The number of aliphatic carboxylic acids is 1. The van der Waals surface area contributed by atoms with Crippen molar-refractivity contribution in [2.45, 2.75) is 19.3 Å². The predicted octanol–water partition coefficient (Wildman–Crippen LogP) is 3.42. The van der Waals surface area contributed by atoms with Crippen molar-refractivity contribution in [1.82, 2.24) is 0 Å². The summed E-state index contributed by atoms with van der Waals surface area (Å²) in [5.41, 5.74) is -0.121. The lowest BCUT2D eigenvalue weighted by Gasteiger charge is -2.33. The van der Waals surface area contributed by atoms with Crippen LogP contribution in [0.4, 0.5) is 0 Å². The monoisotopic (exact) mass is 288 g/mol. The highest BCUT2D eigenvalue weighted by Gasteiger charge is 2.41. The van der Waals surface area contributed by atoms with Crippen LogP contribution in [0.2, 0.25) is 10.0 Å². The lowest BCUT2D eigenvalue weighted by molar-refractivity contribution is -0.157. The minimum Gasteiger partial charge on any atom is -0.481 e. The van der Waals surface area contributed by atoms with Gasteiger partial charge in [0.15, 0.2) is 0 Å². The second kappa shape index (κ2) is 5.47. The van der Waals surface area contributed by atoms with Crippen LogP contribution in [-0.2, 0) is 16.0 Å². The fourth-order valence-corrected chi connectivity index (χ4v) is 2.67. The van der Waals surface area contributed by atoms with E-state index in [2.05, 4.69) is 0 Å². The van der Waals surface area contributed by atoms with Crippen LogP contribution in [0.15, 0.2) is 18.2 Å². The molecule has 0 aromatic heterocycles. The molecule has 1 N–H and O–H groups in total. The van der Waals surface area contributed by atoms with E-state index in [1.54, 1.807) is 12.1 Å². The summed E-state index contributed by atoms with van der Waals surface area (Å²) in [7, 11) is 0. The normalized spacial score (nSPS) is 23.9. The van der Waals surface area contributed by atoms with Crippen molar-refractivity contribution in [3.8, 4) is 0 Å². The summed E-state index contributed by atoms with van der Waals surface area (Å²) < 4.78 is 5.33. The molecule has 0 radical (unpaired) electrons. The highest BCUT2D eigenvalue weighted by atomic mass is 35.5. The van der Waals surface area contributed by atoms with Gasteiger partial charge in [0.05, 0.1) is 22.1 Å². The van der Waals surface area contributed by atoms with Gasteiger partial charge in [0.1, 0.15) is 0 Å².